The zero-order valence-electron chi connectivity index (χ0n) is 16.4. The number of amidine groups is 1. The molecule has 2 aliphatic heterocycles. The van der Waals surface area contributed by atoms with E-state index < -0.39 is 5.60 Å². The Morgan fingerprint density at radius 1 is 1.03 bits per heavy atom. The van der Waals surface area contributed by atoms with E-state index in [1.807, 2.05) is 67.3 Å². The molecule has 5 heteroatoms. The van der Waals surface area contributed by atoms with Gasteiger partial charge in [-0.1, -0.05) is 18.2 Å². The molecule has 5 rings (SSSR count). The number of rotatable bonds is 2. The summed E-state index contributed by atoms with van der Waals surface area (Å²) in [5, 5.41) is 22.8. The van der Waals surface area contributed by atoms with Crippen LogP contribution in [0.3, 0.4) is 0 Å². The maximum absolute atomic E-state index is 13.2. The summed E-state index contributed by atoms with van der Waals surface area (Å²) in [6, 6.07) is 15.6. The fraction of sp³-hybridized carbons (Fsp3) is 0.250. The van der Waals surface area contributed by atoms with Crippen LogP contribution in [0.25, 0.3) is 10.8 Å². The molecule has 2 heterocycles. The molecule has 0 unspecified atom stereocenters. The lowest BCUT2D eigenvalue weighted by molar-refractivity contribution is 0.0602. The summed E-state index contributed by atoms with van der Waals surface area (Å²) in [6.45, 7) is 4.46. The molecule has 3 aromatic carbocycles. The smallest absolute Gasteiger partial charge is 0.204 e. The van der Waals surface area contributed by atoms with Crippen LogP contribution in [0.4, 0.5) is 11.4 Å². The van der Waals surface area contributed by atoms with Crippen LogP contribution in [-0.4, -0.2) is 34.0 Å². The van der Waals surface area contributed by atoms with Gasteiger partial charge in [-0.05, 0) is 71.6 Å². The van der Waals surface area contributed by atoms with Crippen molar-refractivity contribution >= 4 is 33.8 Å². The second-order valence-corrected chi connectivity index (χ2v) is 8.00. The van der Waals surface area contributed by atoms with Crippen LogP contribution >= 0.6 is 0 Å². The number of carbonyl (C=O) groups is 1. The van der Waals surface area contributed by atoms with E-state index in [4.69, 9.17) is 4.99 Å². The fourth-order valence-electron chi connectivity index (χ4n) is 4.30. The molecule has 3 aromatic rings. The van der Waals surface area contributed by atoms with Crippen molar-refractivity contribution in [1.29, 1.82) is 0 Å². The molecule has 1 atom stereocenters. The number of hydrogen-bond donors (Lipinski definition) is 2. The van der Waals surface area contributed by atoms with Crippen LogP contribution in [0.1, 0.15) is 33.5 Å². The van der Waals surface area contributed by atoms with E-state index in [2.05, 4.69) is 0 Å². The first kappa shape index (κ1) is 18.0. The molecule has 0 amide bonds. The van der Waals surface area contributed by atoms with Gasteiger partial charge in [-0.25, -0.2) is 4.99 Å². The number of aliphatic hydroxyl groups excluding tert-OH is 1. The van der Waals surface area contributed by atoms with E-state index in [0.29, 0.717) is 30.1 Å². The zero-order valence-corrected chi connectivity index (χ0v) is 16.4. The van der Waals surface area contributed by atoms with Gasteiger partial charge in [0, 0.05) is 24.2 Å². The predicted molar refractivity (Wildman–Crippen MR) is 114 cm³/mol. The van der Waals surface area contributed by atoms with Crippen LogP contribution in [0.2, 0.25) is 0 Å². The van der Waals surface area contributed by atoms with Crippen molar-refractivity contribution in [1.82, 2.24) is 0 Å². The van der Waals surface area contributed by atoms with E-state index in [1.54, 1.807) is 0 Å². The molecule has 0 saturated carbocycles. The first-order chi connectivity index (χ1) is 13.9. The van der Waals surface area contributed by atoms with Crippen LogP contribution in [-0.2, 0) is 6.61 Å². The second-order valence-electron chi connectivity index (χ2n) is 8.00. The molecule has 0 spiro atoms. The molecule has 0 bridgehead atoms. The standard InChI is InChI=1S/C24H22N2O3/c1-14-9-20-21(10-15(14)2)25-23-24(29,22(20)28)7-8-26(23)19-6-5-17-4-3-16(13-27)11-18(17)12-19/h3-6,9-12,27,29H,7-8,13H2,1-2H3/t24-/m1/s1. The van der Waals surface area contributed by atoms with Crippen LogP contribution in [0.5, 0.6) is 0 Å². The lowest BCUT2D eigenvalue weighted by Gasteiger charge is -2.30. The second kappa shape index (κ2) is 6.24. The molecule has 146 valence electrons. The normalized spacial score (nSPS) is 20.6. The van der Waals surface area contributed by atoms with Gasteiger partial charge in [-0.2, -0.15) is 0 Å². The average molecular weight is 386 g/mol. The van der Waals surface area contributed by atoms with Gasteiger partial charge in [-0.3, -0.25) is 4.79 Å². The number of aryl methyl sites for hydroxylation is 2. The fourth-order valence-corrected chi connectivity index (χ4v) is 4.30. The molecular formula is C24H22N2O3. The Hall–Kier alpha value is -3.02. The summed E-state index contributed by atoms with van der Waals surface area (Å²) < 4.78 is 0. The minimum absolute atomic E-state index is 0.0135. The van der Waals surface area contributed by atoms with Crippen LogP contribution in [0.15, 0.2) is 53.5 Å². The number of hydrogen-bond acceptors (Lipinski definition) is 5. The number of aliphatic hydroxyl groups is 2. The van der Waals surface area contributed by atoms with Crippen LogP contribution in [0, 0.1) is 13.8 Å². The maximum atomic E-state index is 13.2. The van der Waals surface area contributed by atoms with E-state index in [9.17, 15) is 15.0 Å². The number of anilines is 1. The van der Waals surface area contributed by atoms with Crippen molar-refractivity contribution in [2.45, 2.75) is 32.5 Å². The molecule has 2 N–H and O–H groups in total. The van der Waals surface area contributed by atoms with Gasteiger partial charge < -0.3 is 15.1 Å². The van der Waals surface area contributed by atoms with E-state index in [0.717, 1.165) is 33.2 Å². The van der Waals surface area contributed by atoms with Crippen molar-refractivity contribution in [3.8, 4) is 0 Å². The van der Waals surface area contributed by atoms with Gasteiger partial charge in [0.25, 0.3) is 0 Å². The van der Waals surface area contributed by atoms with Crippen molar-refractivity contribution in [2.75, 3.05) is 11.4 Å². The third kappa shape index (κ3) is 2.62. The van der Waals surface area contributed by atoms with E-state index in [-0.39, 0.29) is 12.4 Å². The van der Waals surface area contributed by atoms with E-state index >= 15 is 0 Å². The number of Topliss-reactive ketones (excluding diaryl/α,β-unsaturated/α-hetero) is 1. The number of aliphatic imine (C=N–C) groups is 1. The molecule has 1 saturated heterocycles. The number of ketones is 1. The highest BCUT2D eigenvalue weighted by Crippen LogP contribution is 2.40. The zero-order chi connectivity index (χ0) is 20.3. The number of benzene rings is 3. The molecular weight excluding hydrogens is 364 g/mol. The first-order valence-electron chi connectivity index (χ1n) is 9.79. The third-order valence-corrected chi connectivity index (χ3v) is 6.16. The molecule has 2 aliphatic rings. The Kier molecular flexibility index (Phi) is 3.88. The highest BCUT2D eigenvalue weighted by molar-refractivity contribution is 6.28. The Bertz CT molecular complexity index is 1210. The Morgan fingerprint density at radius 3 is 2.59 bits per heavy atom. The first-order valence-corrected chi connectivity index (χ1v) is 9.79. The Balaban J connectivity index is 1.64. The summed E-state index contributed by atoms with van der Waals surface area (Å²) in [5.41, 5.74) is 3.33. The lowest BCUT2D eigenvalue weighted by atomic mass is 9.86. The number of fused-ring (bicyclic) bond motifs is 3. The quantitative estimate of drug-likeness (QED) is 0.702. The van der Waals surface area contributed by atoms with Gasteiger partial charge in [0.05, 0.1) is 12.3 Å². The van der Waals surface area contributed by atoms with Crippen molar-refractivity contribution in [2.24, 2.45) is 4.99 Å². The predicted octanol–water partition coefficient (Wildman–Crippen LogP) is 3.82. The third-order valence-electron chi connectivity index (χ3n) is 6.16. The summed E-state index contributed by atoms with van der Waals surface area (Å²) in [6.07, 6.45) is 0.311. The number of carbonyl (C=O) groups excluding carboxylic acids is 1. The molecule has 1 fully saturated rings. The average Bonchev–Trinajstić information content (AvgIpc) is 3.07. The molecule has 0 radical (unpaired) electrons. The monoisotopic (exact) mass is 386 g/mol. The highest BCUT2D eigenvalue weighted by Gasteiger charge is 2.52. The van der Waals surface area contributed by atoms with Gasteiger partial charge in [0.15, 0.2) is 5.60 Å². The highest BCUT2D eigenvalue weighted by atomic mass is 16.3. The minimum Gasteiger partial charge on any atom is -0.392 e. The lowest BCUT2D eigenvalue weighted by Crippen LogP contribution is -2.48. The minimum atomic E-state index is -1.59. The Labute approximate surface area is 168 Å². The van der Waals surface area contributed by atoms with Crippen molar-refractivity contribution in [3.63, 3.8) is 0 Å². The molecule has 29 heavy (non-hydrogen) atoms. The number of nitrogens with zero attached hydrogens (tertiary/aromatic N) is 2. The molecule has 5 nitrogen and oxygen atoms in total. The SMILES string of the molecule is Cc1cc2c(cc1C)C(=O)[C@]1(O)CCN(c3ccc4ccc(CO)cc4c3)C1=N2. The summed E-state index contributed by atoms with van der Waals surface area (Å²) in [4.78, 5) is 19.8. The van der Waals surface area contributed by atoms with E-state index in [1.165, 1.54) is 0 Å². The van der Waals surface area contributed by atoms with Gasteiger partial charge in [0.2, 0.25) is 5.78 Å². The van der Waals surface area contributed by atoms with Gasteiger partial charge in [-0.15, -0.1) is 0 Å². The van der Waals surface area contributed by atoms with Gasteiger partial charge in [0.1, 0.15) is 5.84 Å². The summed E-state index contributed by atoms with van der Waals surface area (Å²) >= 11 is 0. The molecule has 0 aliphatic carbocycles. The van der Waals surface area contributed by atoms with Crippen molar-refractivity contribution < 1.29 is 15.0 Å². The van der Waals surface area contributed by atoms with Gasteiger partial charge >= 0.3 is 0 Å². The maximum Gasteiger partial charge on any atom is 0.204 e. The largest absolute Gasteiger partial charge is 0.392 e. The van der Waals surface area contributed by atoms with Crippen molar-refractivity contribution in [3.05, 3.63) is 70.8 Å². The topological polar surface area (TPSA) is 73.1 Å². The summed E-state index contributed by atoms with van der Waals surface area (Å²) in [7, 11) is 0. The molecule has 0 aromatic heterocycles. The Morgan fingerprint density at radius 2 is 1.79 bits per heavy atom. The summed E-state index contributed by atoms with van der Waals surface area (Å²) in [5.74, 6) is 0.127. The van der Waals surface area contributed by atoms with Crippen LogP contribution < -0.4 is 4.90 Å².